The largest absolute Gasteiger partial charge is 0.496 e. The third-order valence-corrected chi connectivity index (χ3v) is 13.2. The van der Waals surface area contributed by atoms with Crippen LogP contribution in [-0.4, -0.2) is 49.7 Å². The van der Waals surface area contributed by atoms with Crippen LogP contribution in [0.3, 0.4) is 0 Å². The van der Waals surface area contributed by atoms with E-state index in [0.29, 0.717) is 47.2 Å². The monoisotopic (exact) mass is 838 g/mol. The molecular weight excluding hydrogens is 793 g/mol. The minimum atomic E-state index is -1.09. The smallest absolute Gasteiger partial charge is 0.274 e. The fourth-order valence-corrected chi connectivity index (χ4v) is 9.85. The first-order valence-corrected chi connectivity index (χ1v) is 20.1. The molecular formula is C48H46N4O10. The average molecular weight is 839 g/mol. The molecule has 5 aromatic rings. The van der Waals surface area contributed by atoms with E-state index in [1.807, 2.05) is 60.7 Å². The molecule has 0 bridgehead atoms. The number of anilines is 2. The quantitative estimate of drug-likeness (QED) is 0.0974. The van der Waals surface area contributed by atoms with Crippen LogP contribution in [0, 0.1) is 20.2 Å². The van der Waals surface area contributed by atoms with E-state index in [1.165, 1.54) is 38.5 Å². The van der Waals surface area contributed by atoms with Crippen LogP contribution in [0.5, 0.6) is 34.5 Å². The van der Waals surface area contributed by atoms with Crippen molar-refractivity contribution in [3.8, 4) is 34.5 Å². The summed E-state index contributed by atoms with van der Waals surface area (Å²) in [5.41, 5.74) is 3.15. The summed E-state index contributed by atoms with van der Waals surface area (Å²) >= 11 is 0. The molecule has 0 radical (unpaired) electrons. The zero-order valence-electron chi connectivity index (χ0n) is 35.7. The van der Waals surface area contributed by atoms with Crippen molar-refractivity contribution in [1.82, 2.24) is 0 Å². The summed E-state index contributed by atoms with van der Waals surface area (Å²) in [6, 6.07) is 26.1. The van der Waals surface area contributed by atoms with Crippen molar-refractivity contribution < 1.29 is 38.3 Å². The van der Waals surface area contributed by atoms with Gasteiger partial charge in [0, 0.05) is 45.8 Å². The summed E-state index contributed by atoms with van der Waals surface area (Å²) in [6.07, 6.45) is 7.70. The van der Waals surface area contributed by atoms with Gasteiger partial charge in [-0.1, -0.05) is 36.4 Å². The van der Waals surface area contributed by atoms with Crippen molar-refractivity contribution in [3.63, 3.8) is 0 Å². The Balaban J connectivity index is 1.13. The van der Waals surface area contributed by atoms with Crippen LogP contribution in [-0.2, 0) is 23.9 Å². The lowest BCUT2D eigenvalue weighted by molar-refractivity contribution is -0.385. The van der Waals surface area contributed by atoms with E-state index in [0.717, 1.165) is 33.6 Å². The zero-order chi connectivity index (χ0) is 43.9. The molecule has 0 saturated heterocycles. The zero-order valence-corrected chi connectivity index (χ0v) is 35.7. The third-order valence-electron chi connectivity index (χ3n) is 13.2. The number of rotatable bonds is 10. The third kappa shape index (κ3) is 5.61. The highest BCUT2D eigenvalue weighted by Gasteiger charge is 2.61. The van der Waals surface area contributed by atoms with Crippen LogP contribution in [0.1, 0.15) is 61.1 Å². The summed E-state index contributed by atoms with van der Waals surface area (Å²) in [6.45, 7) is 9.16. The van der Waals surface area contributed by atoms with Gasteiger partial charge in [-0.25, -0.2) is 0 Å². The number of hydrogen-bond acceptors (Lipinski definition) is 12. The summed E-state index contributed by atoms with van der Waals surface area (Å²) in [5.74, 6) is 2.58. The van der Waals surface area contributed by atoms with Crippen LogP contribution in [0.2, 0.25) is 0 Å². The Morgan fingerprint density at radius 2 is 0.919 bits per heavy atom. The molecule has 2 unspecified atom stereocenters. The fraction of sp³-hybridized carbons (Fsp3) is 0.292. The van der Waals surface area contributed by atoms with Crippen molar-refractivity contribution in [3.05, 3.63) is 151 Å². The molecule has 2 spiro atoms. The van der Waals surface area contributed by atoms with Crippen LogP contribution < -0.4 is 38.2 Å². The second-order valence-electron chi connectivity index (χ2n) is 16.8. The summed E-state index contributed by atoms with van der Waals surface area (Å²) in [4.78, 5) is 27.2. The molecule has 5 aromatic carbocycles. The Morgan fingerprint density at radius 1 is 0.548 bits per heavy atom. The Bertz CT molecular complexity index is 2580. The second-order valence-corrected chi connectivity index (χ2v) is 16.8. The van der Waals surface area contributed by atoms with E-state index in [9.17, 15) is 20.2 Å². The van der Waals surface area contributed by atoms with Gasteiger partial charge in [-0.05, 0) is 87.4 Å². The lowest BCUT2D eigenvalue weighted by Crippen LogP contribution is -2.59. The topological polar surface area (TPSA) is 148 Å². The van der Waals surface area contributed by atoms with Gasteiger partial charge in [-0.3, -0.25) is 20.2 Å². The molecule has 0 N–H and O–H groups in total. The summed E-state index contributed by atoms with van der Waals surface area (Å²) < 4.78 is 38.0. The van der Waals surface area contributed by atoms with Crippen molar-refractivity contribution >= 4 is 34.9 Å². The van der Waals surface area contributed by atoms with E-state index >= 15 is 0 Å². The van der Waals surface area contributed by atoms with E-state index in [-0.39, 0.29) is 22.9 Å². The lowest BCUT2D eigenvalue weighted by Gasteiger charge is -2.47. The molecule has 318 valence electrons. The SMILES string of the molecule is COc1cc(CN2c3ccccc3C(C)(C)C23C=Cc2cc([N+](=O)[O-])cc(OC)c2O3)c(OC)cc1CN1c2ccccc2C(C)(C)C12C=Cc1cc([N+](=O)[O-])cc(OC)c1O2. The first-order valence-electron chi connectivity index (χ1n) is 20.1. The van der Waals surface area contributed by atoms with Crippen molar-refractivity contribution in [2.24, 2.45) is 0 Å². The Labute approximate surface area is 358 Å². The molecule has 4 heterocycles. The fourth-order valence-electron chi connectivity index (χ4n) is 9.85. The van der Waals surface area contributed by atoms with Gasteiger partial charge >= 0.3 is 0 Å². The normalized spacial score (nSPS) is 20.5. The lowest BCUT2D eigenvalue weighted by atomic mass is 9.76. The average Bonchev–Trinajstić information content (AvgIpc) is 3.56. The van der Waals surface area contributed by atoms with Gasteiger partial charge in [-0.15, -0.1) is 0 Å². The molecule has 0 fully saturated rings. The molecule has 62 heavy (non-hydrogen) atoms. The molecule has 14 heteroatoms. The van der Waals surface area contributed by atoms with E-state index in [2.05, 4.69) is 61.8 Å². The molecule has 4 aliphatic heterocycles. The van der Waals surface area contributed by atoms with Crippen molar-refractivity contribution in [2.45, 2.75) is 63.1 Å². The maximum Gasteiger partial charge on any atom is 0.274 e. The van der Waals surface area contributed by atoms with Gasteiger partial charge in [-0.2, -0.15) is 0 Å². The Kier molecular flexibility index (Phi) is 9.20. The molecule has 0 saturated carbocycles. The number of non-ortho nitro benzene ring substituents is 2. The summed E-state index contributed by atoms with van der Waals surface area (Å²) in [5, 5.41) is 23.6. The predicted molar refractivity (Wildman–Crippen MR) is 235 cm³/mol. The number of nitrogens with zero attached hydrogens (tertiary/aromatic N) is 4. The number of ether oxygens (including phenoxy) is 6. The number of fused-ring (bicyclic) bond motifs is 4. The van der Waals surface area contributed by atoms with Crippen LogP contribution in [0.4, 0.5) is 22.7 Å². The maximum atomic E-state index is 11.8. The first-order chi connectivity index (χ1) is 29.6. The highest BCUT2D eigenvalue weighted by Crippen LogP contribution is 2.59. The number of para-hydroxylation sites is 2. The first kappa shape index (κ1) is 40.2. The number of benzene rings is 5. The van der Waals surface area contributed by atoms with Gasteiger partial charge in [0.1, 0.15) is 11.5 Å². The molecule has 4 aliphatic rings. The highest BCUT2D eigenvalue weighted by molar-refractivity contribution is 5.77. The molecule has 0 amide bonds. The molecule has 0 aliphatic carbocycles. The second kappa shape index (κ2) is 14.2. The Morgan fingerprint density at radius 3 is 1.27 bits per heavy atom. The standard InChI is InChI=1S/C48H46N4O10/c1-45(2)35-13-9-11-15-37(35)49(47(45)19-17-29-21-33(51(53)54)25-41(59-7)43(29)61-47)27-31-23-40(58-6)32(24-39(31)57-5)28-50-38-16-12-10-14-36(38)46(3,4)48(50)20-18-30-22-34(52(55)56)26-42(60-8)44(30)62-48/h9-26H,27-28H2,1-8H3. The van der Waals surface area contributed by atoms with Gasteiger partial charge in [0.25, 0.3) is 11.4 Å². The molecule has 2 atom stereocenters. The molecule has 0 aromatic heterocycles. The van der Waals surface area contributed by atoms with Crippen molar-refractivity contribution in [1.29, 1.82) is 0 Å². The minimum Gasteiger partial charge on any atom is -0.496 e. The van der Waals surface area contributed by atoms with Crippen LogP contribution >= 0.6 is 0 Å². The predicted octanol–water partition coefficient (Wildman–Crippen LogP) is 9.74. The molecule has 9 rings (SSSR count). The van der Waals surface area contributed by atoms with Crippen LogP contribution in [0.25, 0.3) is 12.2 Å². The number of nitro benzene ring substituents is 2. The van der Waals surface area contributed by atoms with E-state index in [1.54, 1.807) is 14.2 Å². The van der Waals surface area contributed by atoms with Gasteiger partial charge < -0.3 is 38.2 Å². The summed E-state index contributed by atoms with van der Waals surface area (Å²) in [7, 11) is 6.23. The van der Waals surface area contributed by atoms with E-state index < -0.39 is 32.1 Å². The van der Waals surface area contributed by atoms with E-state index in [4.69, 9.17) is 28.4 Å². The maximum absolute atomic E-state index is 11.8. The van der Waals surface area contributed by atoms with Crippen molar-refractivity contribution in [2.75, 3.05) is 38.2 Å². The minimum absolute atomic E-state index is 0.0960. The van der Waals surface area contributed by atoms with Crippen LogP contribution in [0.15, 0.2) is 97.1 Å². The van der Waals surface area contributed by atoms with Gasteiger partial charge in [0.05, 0.1) is 74.3 Å². The van der Waals surface area contributed by atoms with Gasteiger partial charge in [0.15, 0.2) is 23.0 Å². The number of nitro groups is 2. The Hall–Kier alpha value is -7.22. The number of methoxy groups -OCH3 is 4. The highest BCUT2D eigenvalue weighted by atomic mass is 16.6. The van der Waals surface area contributed by atoms with Gasteiger partial charge in [0.2, 0.25) is 11.4 Å². The molecule has 14 nitrogen and oxygen atoms in total. The number of hydrogen-bond donors (Lipinski definition) is 0.